The number of carbonyl (C=O) groups is 1. The molecule has 0 aliphatic rings. The van der Waals surface area contributed by atoms with Crippen LogP contribution < -0.4 is 5.32 Å². The quantitative estimate of drug-likeness (QED) is 0.681. The Balaban J connectivity index is 3.41. The van der Waals surface area contributed by atoms with Gasteiger partial charge in [-0.2, -0.15) is 13.2 Å². The zero-order valence-electron chi connectivity index (χ0n) is 6.89. The first-order chi connectivity index (χ1) is 5.83. The first kappa shape index (κ1) is 12.6. The number of carboxylic acids is 1. The second-order valence-electron chi connectivity index (χ2n) is 2.31. The number of halogens is 3. The van der Waals surface area contributed by atoms with Gasteiger partial charge in [0.15, 0.2) is 0 Å². The van der Waals surface area contributed by atoms with Crippen molar-refractivity contribution < 1.29 is 23.1 Å². The molecule has 0 radical (unpaired) electrons. The van der Waals surface area contributed by atoms with Crippen molar-refractivity contribution in [2.75, 3.05) is 12.3 Å². The third-order valence-electron chi connectivity index (χ3n) is 1.19. The molecule has 0 spiro atoms. The van der Waals surface area contributed by atoms with Crippen molar-refractivity contribution in [3.05, 3.63) is 0 Å². The Hall–Kier alpha value is -0.430. The standard InChI is InChI=1S/C6H10F3NO2S/c1-4(5(11)12)10-2-3-13-6(7,8)9/h4,10H,2-3H2,1H3,(H,11,12)/t4-/m1/s1. The third-order valence-corrected chi connectivity index (χ3v) is 1.92. The first-order valence-corrected chi connectivity index (χ1v) is 4.48. The highest BCUT2D eigenvalue weighted by molar-refractivity contribution is 8.00. The maximum Gasteiger partial charge on any atom is 0.441 e. The van der Waals surface area contributed by atoms with Gasteiger partial charge in [0.25, 0.3) is 0 Å². The highest BCUT2D eigenvalue weighted by atomic mass is 32.2. The topological polar surface area (TPSA) is 49.3 Å². The highest BCUT2D eigenvalue weighted by Crippen LogP contribution is 2.29. The van der Waals surface area contributed by atoms with Crippen LogP contribution in [0.2, 0.25) is 0 Å². The molecule has 1 atom stereocenters. The molecule has 0 aromatic heterocycles. The van der Waals surface area contributed by atoms with Gasteiger partial charge in [0.2, 0.25) is 0 Å². The van der Waals surface area contributed by atoms with E-state index in [0.29, 0.717) is 0 Å². The molecule has 0 saturated carbocycles. The number of thioether (sulfide) groups is 1. The van der Waals surface area contributed by atoms with E-state index in [1.807, 2.05) is 0 Å². The molecule has 78 valence electrons. The van der Waals surface area contributed by atoms with Crippen LogP contribution in [0.1, 0.15) is 6.92 Å². The molecule has 0 aliphatic carbocycles. The molecular formula is C6H10F3NO2S. The molecule has 0 heterocycles. The lowest BCUT2D eigenvalue weighted by molar-refractivity contribution is -0.138. The maximum absolute atomic E-state index is 11.6. The molecule has 0 rings (SSSR count). The van der Waals surface area contributed by atoms with Crippen molar-refractivity contribution >= 4 is 17.7 Å². The van der Waals surface area contributed by atoms with E-state index in [4.69, 9.17) is 5.11 Å². The van der Waals surface area contributed by atoms with Crippen LogP contribution in [-0.2, 0) is 4.79 Å². The van der Waals surface area contributed by atoms with E-state index in [1.165, 1.54) is 6.92 Å². The van der Waals surface area contributed by atoms with Gasteiger partial charge < -0.3 is 10.4 Å². The van der Waals surface area contributed by atoms with Crippen molar-refractivity contribution in [2.45, 2.75) is 18.5 Å². The average molecular weight is 217 g/mol. The average Bonchev–Trinajstić information content (AvgIpc) is 1.95. The minimum absolute atomic E-state index is 0.0254. The van der Waals surface area contributed by atoms with Crippen molar-refractivity contribution in [2.24, 2.45) is 0 Å². The van der Waals surface area contributed by atoms with Crippen LogP contribution in [0.5, 0.6) is 0 Å². The summed E-state index contributed by atoms with van der Waals surface area (Å²) in [7, 11) is 0. The van der Waals surface area contributed by atoms with Crippen LogP contribution in [0.3, 0.4) is 0 Å². The highest BCUT2D eigenvalue weighted by Gasteiger charge is 2.27. The fourth-order valence-corrected chi connectivity index (χ4v) is 0.981. The van der Waals surface area contributed by atoms with Crippen molar-refractivity contribution in [3.8, 4) is 0 Å². The van der Waals surface area contributed by atoms with Gasteiger partial charge in [0.05, 0.1) is 0 Å². The summed E-state index contributed by atoms with van der Waals surface area (Å²) in [6.45, 7) is 1.40. The summed E-state index contributed by atoms with van der Waals surface area (Å²) in [5, 5.41) is 10.8. The summed E-state index contributed by atoms with van der Waals surface area (Å²) in [5.74, 6) is -1.25. The molecule has 0 aromatic rings. The number of hydrogen-bond donors (Lipinski definition) is 2. The van der Waals surface area contributed by atoms with Gasteiger partial charge in [0.1, 0.15) is 6.04 Å². The van der Waals surface area contributed by atoms with Gasteiger partial charge >= 0.3 is 11.5 Å². The normalized spacial score (nSPS) is 14.2. The van der Waals surface area contributed by atoms with E-state index in [0.717, 1.165) is 0 Å². The second kappa shape index (κ2) is 5.33. The molecule has 0 bridgehead atoms. The van der Waals surface area contributed by atoms with Crippen molar-refractivity contribution in [1.29, 1.82) is 0 Å². The summed E-state index contributed by atoms with van der Waals surface area (Å²) < 4.78 is 34.7. The van der Waals surface area contributed by atoms with E-state index in [9.17, 15) is 18.0 Å². The molecule has 7 heteroatoms. The molecule has 0 aromatic carbocycles. The molecule has 0 amide bonds. The van der Waals surface area contributed by atoms with E-state index >= 15 is 0 Å². The fourth-order valence-electron chi connectivity index (χ4n) is 0.530. The number of aliphatic carboxylic acids is 1. The maximum atomic E-state index is 11.6. The van der Waals surface area contributed by atoms with Gasteiger partial charge in [-0.1, -0.05) is 0 Å². The van der Waals surface area contributed by atoms with Gasteiger partial charge in [0, 0.05) is 12.3 Å². The third kappa shape index (κ3) is 7.92. The molecular weight excluding hydrogens is 207 g/mol. The number of carboxylic acid groups (broad SMARTS) is 1. The van der Waals surface area contributed by atoms with Crippen molar-refractivity contribution in [1.82, 2.24) is 5.32 Å². The number of hydrogen-bond acceptors (Lipinski definition) is 3. The van der Waals surface area contributed by atoms with Gasteiger partial charge in [-0.15, -0.1) is 0 Å². The Morgan fingerprint density at radius 1 is 1.62 bits per heavy atom. The Morgan fingerprint density at radius 3 is 2.54 bits per heavy atom. The van der Waals surface area contributed by atoms with Crippen LogP contribution >= 0.6 is 11.8 Å². The van der Waals surface area contributed by atoms with Gasteiger partial charge in [-0.3, -0.25) is 4.79 Å². The lowest BCUT2D eigenvalue weighted by atomic mass is 10.3. The number of nitrogens with one attached hydrogen (secondary N) is 1. The first-order valence-electron chi connectivity index (χ1n) is 3.50. The number of rotatable bonds is 5. The Labute approximate surface area is 77.7 Å². The smallest absolute Gasteiger partial charge is 0.441 e. The van der Waals surface area contributed by atoms with Crippen LogP contribution in [0.4, 0.5) is 13.2 Å². The van der Waals surface area contributed by atoms with Gasteiger partial charge in [-0.25, -0.2) is 0 Å². The van der Waals surface area contributed by atoms with E-state index in [1.54, 1.807) is 0 Å². The van der Waals surface area contributed by atoms with Crippen molar-refractivity contribution in [3.63, 3.8) is 0 Å². The van der Waals surface area contributed by atoms with E-state index in [-0.39, 0.29) is 24.1 Å². The zero-order chi connectivity index (χ0) is 10.5. The summed E-state index contributed by atoms with van der Waals surface area (Å²) in [6, 6.07) is -0.811. The lowest BCUT2D eigenvalue weighted by Crippen LogP contribution is -2.35. The minimum atomic E-state index is -4.24. The summed E-state index contributed by atoms with van der Waals surface area (Å²) in [6.07, 6.45) is 0. The van der Waals surface area contributed by atoms with Crippen LogP contribution in [-0.4, -0.2) is 34.9 Å². The minimum Gasteiger partial charge on any atom is -0.480 e. The van der Waals surface area contributed by atoms with E-state index in [2.05, 4.69) is 5.32 Å². The molecule has 0 unspecified atom stereocenters. The summed E-state index contributed by atoms with van der Waals surface area (Å²) in [5.41, 5.74) is -4.24. The molecule has 0 saturated heterocycles. The lowest BCUT2D eigenvalue weighted by Gasteiger charge is -2.09. The molecule has 0 aliphatic heterocycles. The Bertz CT molecular complexity index is 174. The Kier molecular flexibility index (Phi) is 5.16. The molecule has 3 nitrogen and oxygen atoms in total. The van der Waals surface area contributed by atoms with Gasteiger partial charge in [-0.05, 0) is 18.7 Å². The molecule has 0 fully saturated rings. The summed E-state index contributed by atoms with van der Waals surface area (Å²) in [4.78, 5) is 10.2. The largest absolute Gasteiger partial charge is 0.480 e. The monoisotopic (exact) mass is 217 g/mol. The van der Waals surface area contributed by atoms with Crippen LogP contribution in [0, 0.1) is 0 Å². The second-order valence-corrected chi connectivity index (χ2v) is 3.47. The summed E-state index contributed by atoms with van der Waals surface area (Å²) >= 11 is -0.168. The SMILES string of the molecule is C[C@@H](NCCSC(F)(F)F)C(=O)O. The predicted molar refractivity (Wildman–Crippen MR) is 43.6 cm³/mol. The molecule has 13 heavy (non-hydrogen) atoms. The predicted octanol–water partition coefficient (Wildman–Crippen LogP) is 1.30. The van der Waals surface area contributed by atoms with E-state index < -0.39 is 17.5 Å². The van der Waals surface area contributed by atoms with Crippen LogP contribution in [0.15, 0.2) is 0 Å². The Morgan fingerprint density at radius 2 is 2.15 bits per heavy atom. The number of alkyl halides is 3. The fraction of sp³-hybridized carbons (Fsp3) is 0.833. The zero-order valence-corrected chi connectivity index (χ0v) is 7.71. The van der Waals surface area contributed by atoms with Crippen LogP contribution in [0.25, 0.3) is 0 Å². The molecule has 2 N–H and O–H groups in total.